The van der Waals surface area contributed by atoms with E-state index in [0.717, 1.165) is 58.8 Å². The van der Waals surface area contributed by atoms with Gasteiger partial charge in [-0.2, -0.15) is 0 Å². The molecule has 36 heavy (non-hydrogen) atoms. The van der Waals surface area contributed by atoms with Crippen molar-refractivity contribution < 1.29 is 5.11 Å². The number of imidazole rings is 2. The Kier molecular flexibility index (Phi) is 5.73. The summed E-state index contributed by atoms with van der Waals surface area (Å²) in [6.45, 7) is 2.39. The number of hydrogen-bond acceptors (Lipinski definition) is 5. The largest absolute Gasteiger partial charge is 0.508 e. The standard InChI is InChI=1S/C27H25BrN6O2/c1-31-24(28)15-30-25(31)17-32-14-12-21(16-32)34-26-23(3-2-13-29-26)33(27(34)36)20-8-4-18(5-9-20)19-6-10-22(35)11-7-19/h2-11,13,15,21,35H,12,14,16-17H2,1H3/t21-/m0/s1. The molecule has 0 spiro atoms. The number of phenols is 1. The number of rotatable bonds is 5. The van der Waals surface area contributed by atoms with Gasteiger partial charge in [-0.1, -0.05) is 24.3 Å². The second kappa shape index (κ2) is 9.07. The molecule has 1 aliphatic rings. The summed E-state index contributed by atoms with van der Waals surface area (Å²) in [6, 6.07) is 18.9. The summed E-state index contributed by atoms with van der Waals surface area (Å²) in [6.07, 6.45) is 4.44. The van der Waals surface area contributed by atoms with Crippen molar-refractivity contribution in [3.63, 3.8) is 0 Å². The number of likely N-dealkylation sites (tertiary alicyclic amines) is 1. The zero-order chi connectivity index (χ0) is 24.8. The van der Waals surface area contributed by atoms with Gasteiger partial charge in [0.1, 0.15) is 16.2 Å². The van der Waals surface area contributed by atoms with Crippen LogP contribution in [0.25, 0.3) is 28.0 Å². The lowest BCUT2D eigenvalue weighted by Gasteiger charge is -2.16. The van der Waals surface area contributed by atoms with Crippen molar-refractivity contribution >= 4 is 27.1 Å². The molecule has 5 aromatic rings. The number of aromatic nitrogens is 5. The first-order chi connectivity index (χ1) is 17.5. The molecule has 0 radical (unpaired) electrons. The van der Waals surface area contributed by atoms with Crippen LogP contribution in [-0.2, 0) is 13.6 Å². The third-order valence-corrected chi connectivity index (χ3v) is 7.70. The number of nitrogens with zero attached hydrogens (tertiary/aromatic N) is 6. The average Bonchev–Trinajstić information content (AvgIpc) is 3.56. The van der Waals surface area contributed by atoms with Crippen molar-refractivity contribution in [2.75, 3.05) is 13.1 Å². The SMILES string of the molecule is Cn1c(Br)cnc1CN1CC[C@H](n2c(=O)n(-c3ccc(-c4ccc(O)cc4)cc3)c3cccnc32)C1. The summed E-state index contributed by atoms with van der Waals surface area (Å²) in [4.78, 5) is 25.3. The van der Waals surface area contributed by atoms with Crippen molar-refractivity contribution in [1.82, 2.24) is 28.6 Å². The van der Waals surface area contributed by atoms with Crippen LogP contribution in [0.5, 0.6) is 5.75 Å². The second-order valence-corrected chi connectivity index (χ2v) is 9.97. The van der Waals surface area contributed by atoms with Crippen LogP contribution in [-0.4, -0.2) is 46.8 Å². The maximum Gasteiger partial charge on any atom is 0.335 e. The molecule has 0 aliphatic carbocycles. The summed E-state index contributed by atoms with van der Waals surface area (Å²) in [7, 11) is 1.99. The minimum Gasteiger partial charge on any atom is -0.508 e. The van der Waals surface area contributed by atoms with E-state index < -0.39 is 0 Å². The lowest BCUT2D eigenvalue weighted by Crippen LogP contribution is -2.29. The molecule has 9 heteroatoms. The van der Waals surface area contributed by atoms with Crippen LogP contribution in [0.2, 0.25) is 0 Å². The van der Waals surface area contributed by atoms with Gasteiger partial charge in [-0.25, -0.2) is 14.8 Å². The van der Waals surface area contributed by atoms with E-state index in [-0.39, 0.29) is 17.5 Å². The Morgan fingerprint density at radius 3 is 2.44 bits per heavy atom. The molecule has 8 nitrogen and oxygen atoms in total. The molecule has 2 aromatic carbocycles. The first-order valence-corrected chi connectivity index (χ1v) is 12.6. The fraction of sp³-hybridized carbons (Fsp3) is 0.222. The molecule has 4 heterocycles. The van der Waals surface area contributed by atoms with E-state index in [0.29, 0.717) is 5.65 Å². The fourth-order valence-corrected chi connectivity index (χ4v) is 5.33. The van der Waals surface area contributed by atoms with Crippen LogP contribution in [0.4, 0.5) is 0 Å². The molecule has 1 atom stereocenters. The highest BCUT2D eigenvalue weighted by Gasteiger charge is 2.29. The highest BCUT2D eigenvalue weighted by molar-refractivity contribution is 9.10. The van der Waals surface area contributed by atoms with E-state index in [1.165, 1.54) is 0 Å². The first-order valence-electron chi connectivity index (χ1n) is 11.9. The van der Waals surface area contributed by atoms with Crippen molar-refractivity contribution in [2.45, 2.75) is 19.0 Å². The Morgan fingerprint density at radius 1 is 1.03 bits per heavy atom. The summed E-state index contributed by atoms with van der Waals surface area (Å²) >= 11 is 3.51. The fourth-order valence-electron chi connectivity index (χ4n) is 5.02. The number of phenolic OH excluding ortho intramolecular Hbond substituents is 1. The van der Waals surface area contributed by atoms with Gasteiger partial charge in [0.2, 0.25) is 0 Å². The van der Waals surface area contributed by atoms with Gasteiger partial charge in [-0.15, -0.1) is 0 Å². The number of fused-ring (bicyclic) bond motifs is 1. The monoisotopic (exact) mass is 544 g/mol. The molecular formula is C27H25BrN6O2. The van der Waals surface area contributed by atoms with Crippen LogP contribution in [0.15, 0.2) is 82.5 Å². The smallest absolute Gasteiger partial charge is 0.335 e. The Balaban J connectivity index is 1.33. The maximum absolute atomic E-state index is 13.8. The molecule has 3 aromatic heterocycles. The predicted molar refractivity (Wildman–Crippen MR) is 142 cm³/mol. The summed E-state index contributed by atoms with van der Waals surface area (Å²) in [5, 5.41) is 9.57. The topological polar surface area (TPSA) is 81.1 Å². The van der Waals surface area contributed by atoms with E-state index in [4.69, 9.17) is 0 Å². The number of aromatic hydroxyl groups is 1. The summed E-state index contributed by atoms with van der Waals surface area (Å²) in [5.74, 6) is 1.23. The number of pyridine rings is 1. The van der Waals surface area contributed by atoms with Crippen LogP contribution in [0.3, 0.4) is 0 Å². The van der Waals surface area contributed by atoms with Crippen molar-refractivity contribution in [3.05, 3.63) is 94.0 Å². The van der Waals surface area contributed by atoms with Gasteiger partial charge >= 0.3 is 5.69 Å². The Morgan fingerprint density at radius 2 is 1.75 bits per heavy atom. The molecule has 1 saturated heterocycles. The molecule has 0 bridgehead atoms. The summed E-state index contributed by atoms with van der Waals surface area (Å²) in [5.41, 5.74) is 4.24. The van der Waals surface area contributed by atoms with E-state index in [1.54, 1.807) is 22.9 Å². The zero-order valence-corrected chi connectivity index (χ0v) is 21.3. The Hall–Kier alpha value is -3.69. The average molecular weight is 545 g/mol. The lowest BCUT2D eigenvalue weighted by molar-refractivity contribution is 0.304. The van der Waals surface area contributed by atoms with Crippen LogP contribution in [0.1, 0.15) is 18.3 Å². The third kappa shape index (κ3) is 3.94. The Bertz CT molecular complexity index is 1600. The van der Waals surface area contributed by atoms with Crippen molar-refractivity contribution in [2.24, 2.45) is 7.05 Å². The highest BCUT2D eigenvalue weighted by atomic mass is 79.9. The normalized spacial score (nSPS) is 16.2. The summed E-state index contributed by atoms with van der Waals surface area (Å²) < 4.78 is 6.60. The van der Waals surface area contributed by atoms with Gasteiger partial charge in [0.15, 0.2) is 5.65 Å². The zero-order valence-electron chi connectivity index (χ0n) is 19.8. The van der Waals surface area contributed by atoms with Crippen LogP contribution in [0, 0.1) is 0 Å². The molecule has 1 N–H and O–H groups in total. The van der Waals surface area contributed by atoms with Crippen molar-refractivity contribution in [3.8, 4) is 22.6 Å². The van der Waals surface area contributed by atoms with Gasteiger partial charge < -0.3 is 9.67 Å². The van der Waals surface area contributed by atoms with E-state index in [1.807, 2.05) is 70.9 Å². The number of halogens is 1. The number of hydrogen-bond donors (Lipinski definition) is 1. The highest BCUT2D eigenvalue weighted by Crippen LogP contribution is 2.28. The lowest BCUT2D eigenvalue weighted by atomic mass is 10.1. The van der Waals surface area contributed by atoms with Gasteiger partial charge in [0.25, 0.3) is 0 Å². The second-order valence-electron chi connectivity index (χ2n) is 9.16. The molecule has 1 fully saturated rings. The molecule has 0 saturated carbocycles. The predicted octanol–water partition coefficient (Wildman–Crippen LogP) is 4.50. The molecule has 0 unspecified atom stereocenters. The van der Waals surface area contributed by atoms with E-state index >= 15 is 0 Å². The van der Waals surface area contributed by atoms with E-state index in [2.05, 4.69) is 30.8 Å². The molecule has 6 rings (SSSR count). The van der Waals surface area contributed by atoms with Crippen LogP contribution < -0.4 is 5.69 Å². The van der Waals surface area contributed by atoms with Gasteiger partial charge in [0, 0.05) is 26.3 Å². The van der Waals surface area contributed by atoms with Crippen molar-refractivity contribution in [1.29, 1.82) is 0 Å². The van der Waals surface area contributed by atoms with Crippen LogP contribution >= 0.6 is 15.9 Å². The quantitative estimate of drug-likeness (QED) is 0.352. The third-order valence-electron chi connectivity index (χ3n) is 6.96. The Labute approximate surface area is 216 Å². The molecule has 1 aliphatic heterocycles. The van der Waals surface area contributed by atoms with Gasteiger partial charge in [0.05, 0.1) is 30.0 Å². The number of benzene rings is 2. The minimum atomic E-state index is -0.0762. The minimum absolute atomic E-state index is 0.0381. The maximum atomic E-state index is 13.8. The van der Waals surface area contributed by atoms with E-state index in [9.17, 15) is 9.90 Å². The first kappa shape index (κ1) is 22.8. The van der Waals surface area contributed by atoms with Gasteiger partial charge in [-0.05, 0) is 69.9 Å². The molecular weight excluding hydrogens is 520 g/mol. The molecule has 0 amide bonds. The molecule has 182 valence electrons. The van der Waals surface area contributed by atoms with Gasteiger partial charge in [-0.3, -0.25) is 14.0 Å².